The molecule has 5 aliphatic rings. The molecule has 62 heavy (non-hydrogen) atoms. The number of hydrogen-bond acceptors (Lipinski definition) is 11. The Labute approximate surface area is 377 Å². The number of carbonyl (C=O) groups is 1. The highest BCUT2D eigenvalue weighted by molar-refractivity contribution is 6.74. The Bertz CT molecular complexity index is 1640. The Morgan fingerprint density at radius 2 is 1.61 bits per heavy atom. The molecule has 11 nitrogen and oxygen atoms in total. The van der Waals surface area contributed by atoms with E-state index < -0.39 is 52.3 Å². The molecule has 4 fully saturated rings. The van der Waals surface area contributed by atoms with Crippen molar-refractivity contribution in [3.05, 3.63) is 36.0 Å². The van der Waals surface area contributed by atoms with Gasteiger partial charge in [0.2, 0.25) is 6.29 Å². The van der Waals surface area contributed by atoms with Crippen molar-refractivity contribution in [3.63, 3.8) is 0 Å². The van der Waals surface area contributed by atoms with Gasteiger partial charge in [0.1, 0.15) is 12.2 Å². The molecule has 0 aromatic heterocycles. The molecule has 4 saturated heterocycles. The third-order valence-electron chi connectivity index (χ3n) is 15.1. The standard InChI is InChI=1S/C49H86O11Si2/c1-32-28-38(57-49(29-32)25-19-20-36(56-49)30-47(13)42(51)55-43(59-47)44(4,5)6)33(2)21-22-35(50)23-26-48(52-14)27-24-37-41(58-48)40(60-62(17,18)46(10,11)12)34(3)39(54-37)31-53-61(15,16)45(7,8)9/h21-22,29,33,35-41,43,50H,3,19-20,23-28,30-31H2,1-2,4-18H3/b22-21+/t33-,35+,36+,37-,38+,39-,40-,41-,43-,47-,48-,49+/m1/s1. The third-order valence-corrected chi connectivity index (χ3v) is 24.0. The van der Waals surface area contributed by atoms with Crippen LogP contribution >= 0.6 is 0 Å². The van der Waals surface area contributed by atoms with E-state index in [0.29, 0.717) is 32.3 Å². The number of carbonyl (C=O) groups excluding carboxylic acids is 1. The van der Waals surface area contributed by atoms with Crippen LogP contribution in [0, 0.1) is 11.3 Å². The first-order chi connectivity index (χ1) is 28.3. The Kier molecular flexibility index (Phi) is 15.7. The van der Waals surface area contributed by atoms with Gasteiger partial charge in [0.25, 0.3) is 0 Å². The van der Waals surface area contributed by atoms with Crippen molar-refractivity contribution < 1.29 is 51.9 Å². The number of ether oxygens (including phenoxy) is 7. The quantitative estimate of drug-likeness (QED) is 0.102. The smallest absolute Gasteiger partial charge is 0.340 e. The lowest BCUT2D eigenvalue weighted by atomic mass is 9.86. The summed E-state index contributed by atoms with van der Waals surface area (Å²) in [7, 11) is -2.60. The van der Waals surface area contributed by atoms with E-state index in [2.05, 4.69) is 100 Å². The van der Waals surface area contributed by atoms with Crippen molar-refractivity contribution in [1.82, 2.24) is 0 Å². The normalized spacial score (nSPS) is 36.4. The first-order valence-corrected chi connectivity index (χ1v) is 29.3. The second-order valence-corrected chi connectivity index (χ2v) is 33.2. The highest BCUT2D eigenvalue weighted by atomic mass is 28.4. The Morgan fingerprint density at radius 1 is 0.952 bits per heavy atom. The fraction of sp³-hybridized carbons (Fsp3) is 0.857. The van der Waals surface area contributed by atoms with Crippen molar-refractivity contribution >= 4 is 22.6 Å². The zero-order chi connectivity index (χ0) is 46.5. The summed E-state index contributed by atoms with van der Waals surface area (Å²) < 4.78 is 59.3. The summed E-state index contributed by atoms with van der Waals surface area (Å²) in [6, 6.07) is 0. The minimum absolute atomic E-state index is 0.00244. The lowest BCUT2D eigenvalue weighted by Gasteiger charge is -2.53. The molecular weight excluding hydrogens is 821 g/mol. The highest BCUT2D eigenvalue weighted by Gasteiger charge is 2.55. The van der Waals surface area contributed by atoms with Gasteiger partial charge in [-0.1, -0.05) is 93.5 Å². The van der Waals surface area contributed by atoms with Gasteiger partial charge in [0.15, 0.2) is 33.8 Å². The highest BCUT2D eigenvalue weighted by Crippen LogP contribution is 2.47. The molecule has 0 unspecified atom stereocenters. The number of fused-ring (bicyclic) bond motifs is 1. The van der Waals surface area contributed by atoms with Gasteiger partial charge in [-0.3, -0.25) is 0 Å². The molecule has 12 atom stereocenters. The zero-order valence-electron chi connectivity index (χ0n) is 41.7. The number of aliphatic hydroxyl groups excluding tert-OH is 1. The van der Waals surface area contributed by atoms with Crippen molar-refractivity contribution in [2.75, 3.05) is 13.7 Å². The number of cyclic esters (lactones) is 1. The summed E-state index contributed by atoms with van der Waals surface area (Å²) in [5, 5.41) is 11.5. The predicted molar refractivity (Wildman–Crippen MR) is 249 cm³/mol. The van der Waals surface area contributed by atoms with Crippen LogP contribution < -0.4 is 0 Å². The monoisotopic (exact) mass is 907 g/mol. The van der Waals surface area contributed by atoms with Crippen LogP contribution in [0.5, 0.6) is 0 Å². The maximum Gasteiger partial charge on any atom is 0.340 e. The van der Waals surface area contributed by atoms with Crippen molar-refractivity contribution in [2.45, 2.75) is 243 Å². The molecule has 0 bridgehead atoms. The van der Waals surface area contributed by atoms with Crippen LogP contribution in [0.4, 0.5) is 0 Å². The molecule has 0 amide bonds. The minimum Gasteiger partial charge on any atom is -0.433 e. The van der Waals surface area contributed by atoms with E-state index in [9.17, 15) is 9.90 Å². The molecule has 5 rings (SSSR count). The summed E-state index contributed by atoms with van der Waals surface area (Å²) in [4.78, 5) is 13.0. The van der Waals surface area contributed by atoms with E-state index >= 15 is 0 Å². The summed E-state index contributed by atoms with van der Waals surface area (Å²) >= 11 is 0. The van der Waals surface area contributed by atoms with Gasteiger partial charge in [0.05, 0.1) is 37.1 Å². The third kappa shape index (κ3) is 11.8. The summed E-state index contributed by atoms with van der Waals surface area (Å²) in [6.45, 7) is 39.7. The summed E-state index contributed by atoms with van der Waals surface area (Å²) in [5.74, 6) is -2.13. The summed E-state index contributed by atoms with van der Waals surface area (Å²) in [6.07, 6.45) is 9.00. The van der Waals surface area contributed by atoms with Crippen LogP contribution in [0.3, 0.4) is 0 Å². The van der Waals surface area contributed by atoms with E-state index in [1.807, 2.05) is 33.8 Å². The minimum atomic E-state index is -2.26. The van der Waals surface area contributed by atoms with Crippen LogP contribution in [0.2, 0.25) is 36.3 Å². The SMILES string of the molecule is C=C1[C@@H](O[Si](C)(C)C(C)(C)C)[C@@H]2O[C@@](CC[C@@H](O)/C=C/[C@@H](C)[C@@H]3CC(C)=C[C@]4(CCC[C@@H](C[C@@]5(C)O[C@H](C(C)(C)C)OC5=O)O4)O3)(OC)CC[C@H]2O[C@@H]1CO[Si](C)(C)C(C)(C)C. The lowest BCUT2D eigenvalue weighted by molar-refractivity contribution is -0.320. The fourth-order valence-corrected chi connectivity index (χ4v) is 11.0. The number of rotatable bonds is 14. The fourth-order valence-electron chi connectivity index (χ4n) is 8.75. The van der Waals surface area contributed by atoms with Crippen molar-refractivity contribution in [3.8, 4) is 0 Å². The van der Waals surface area contributed by atoms with Crippen LogP contribution in [0.1, 0.15) is 141 Å². The number of methoxy groups -OCH3 is 1. The van der Waals surface area contributed by atoms with E-state index in [0.717, 1.165) is 37.7 Å². The molecule has 0 saturated carbocycles. The van der Waals surface area contributed by atoms with Crippen molar-refractivity contribution in [2.24, 2.45) is 11.3 Å². The zero-order valence-corrected chi connectivity index (χ0v) is 43.7. The molecule has 0 aromatic rings. The first kappa shape index (κ1) is 51.7. The van der Waals surface area contributed by atoms with Crippen LogP contribution in [0.25, 0.3) is 0 Å². The maximum atomic E-state index is 13.0. The van der Waals surface area contributed by atoms with Crippen LogP contribution in [-0.2, 0) is 46.8 Å². The van der Waals surface area contributed by atoms with Gasteiger partial charge in [-0.15, -0.1) is 0 Å². The molecule has 356 valence electrons. The molecule has 0 aromatic carbocycles. The molecule has 1 N–H and O–H groups in total. The second kappa shape index (κ2) is 18.8. The average Bonchev–Trinajstić information content (AvgIpc) is 3.45. The van der Waals surface area contributed by atoms with E-state index in [1.165, 1.54) is 5.57 Å². The maximum absolute atomic E-state index is 13.0. The first-order valence-electron chi connectivity index (χ1n) is 23.5. The van der Waals surface area contributed by atoms with Crippen LogP contribution in [0.15, 0.2) is 36.0 Å². The number of aliphatic hydroxyl groups is 1. The second-order valence-electron chi connectivity index (χ2n) is 23.6. The Balaban J connectivity index is 1.21. The van der Waals surface area contributed by atoms with E-state index in [4.69, 9.17) is 42.0 Å². The van der Waals surface area contributed by atoms with Crippen LogP contribution in [-0.4, -0.2) is 108 Å². The molecule has 13 heteroatoms. The molecule has 5 heterocycles. The number of esters is 1. The number of hydrogen-bond donors (Lipinski definition) is 1. The summed E-state index contributed by atoms with van der Waals surface area (Å²) in [5.41, 5.74) is 0.661. The Morgan fingerprint density at radius 3 is 2.21 bits per heavy atom. The van der Waals surface area contributed by atoms with Gasteiger partial charge in [0, 0.05) is 44.1 Å². The molecular formula is C49H86O11Si2. The molecule has 5 aliphatic heterocycles. The van der Waals surface area contributed by atoms with Gasteiger partial charge >= 0.3 is 5.97 Å². The van der Waals surface area contributed by atoms with E-state index in [-0.39, 0.29) is 57.9 Å². The average molecular weight is 907 g/mol. The topological polar surface area (TPSA) is 120 Å². The van der Waals surface area contributed by atoms with E-state index in [1.54, 1.807) is 7.11 Å². The Hall–Kier alpha value is -1.24. The molecule has 0 radical (unpaired) electrons. The van der Waals surface area contributed by atoms with Crippen molar-refractivity contribution in [1.29, 1.82) is 0 Å². The largest absolute Gasteiger partial charge is 0.433 e. The van der Waals surface area contributed by atoms with Gasteiger partial charge in [-0.2, -0.15) is 0 Å². The lowest BCUT2D eigenvalue weighted by Crippen LogP contribution is -2.62. The van der Waals surface area contributed by atoms with Gasteiger partial charge in [-0.05, 0) is 93.9 Å². The predicted octanol–water partition coefficient (Wildman–Crippen LogP) is 10.7. The molecule has 1 spiro atoms. The van der Waals surface area contributed by atoms with Gasteiger partial charge < -0.3 is 47.1 Å². The molecule has 0 aliphatic carbocycles. The van der Waals surface area contributed by atoms with Gasteiger partial charge in [-0.25, -0.2) is 4.79 Å².